The van der Waals surface area contributed by atoms with Gasteiger partial charge in [-0.15, -0.1) is 0 Å². The Morgan fingerprint density at radius 1 is 1.47 bits per heavy atom. The molecule has 3 N–H and O–H groups in total. The van der Waals surface area contributed by atoms with E-state index in [0.29, 0.717) is 22.8 Å². The summed E-state index contributed by atoms with van der Waals surface area (Å²) in [7, 11) is 0. The number of halogens is 1. The van der Waals surface area contributed by atoms with Gasteiger partial charge in [-0.1, -0.05) is 5.16 Å². The molecule has 2 aromatic rings. The molecule has 1 amide bonds. The molecule has 5 nitrogen and oxygen atoms in total. The smallest absolute Gasteiger partial charge is 0.256 e. The molecular formula is C11H10BrN3O2. The molecule has 1 heterocycles. The first-order valence-electron chi connectivity index (χ1n) is 4.86. The minimum Gasteiger partial charge on any atom is -0.398 e. The van der Waals surface area contributed by atoms with Gasteiger partial charge in [0.15, 0.2) is 5.82 Å². The largest absolute Gasteiger partial charge is 0.398 e. The van der Waals surface area contributed by atoms with Crippen molar-refractivity contribution in [1.82, 2.24) is 5.16 Å². The summed E-state index contributed by atoms with van der Waals surface area (Å²) in [5, 5.41) is 6.28. The number of hydrogen-bond acceptors (Lipinski definition) is 4. The lowest BCUT2D eigenvalue weighted by Gasteiger charge is -2.03. The summed E-state index contributed by atoms with van der Waals surface area (Å²) in [6, 6.07) is 6.62. The Bertz CT molecular complexity index is 566. The second kappa shape index (κ2) is 4.58. The summed E-state index contributed by atoms with van der Waals surface area (Å²) in [6.07, 6.45) is 0. The van der Waals surface area contributed by atoms with Crippen LogP contribution < -0.4 is 11.1 Å². The summed E-state index contributed by atoms with van der Waals surface area (Å²) in [5.74, 6) is 0.738. The van der Waals surface area contributed by atoms with Crippen LogP contribution >= 0.6 is 15.9 Å². The van der Waals surface area contributed by atoms with Gasteiger partial charge in [0.25, 0.3) is 5.91 Å². The van der Waals surface area contributed by atoms with E-state index in [2.05, 4.69) is 26.4 Å². The number of nitrogen functional groups attached to an aromatic ring is 1. The third-order valence-electron chi connectivity index (χ3n) is 2.13. The van der Waals surface area contributed by atoms with E-state index in [4.69, 9.17) is 10.3 Å². The Labute approximate surface area is 106 Å². The maximum atomic E-state index is 11.8. The normalized spacial score (nSPS) is 10.2. The van der Waals surface area contributed by atoms with Crippen LogP contribution in [0, 0.1) is 6.92 Å². The van der Waals surface area contributed by atoms with E-state index in [1.165, 1.54) is 0 Å². The fourth-order valence-electron chi connectivity index (χ4n) is 1.30. The maximum absolute atomic E-state index is 11.8. The Morgan fingerprint density at radius 3 is 2.82 bits per heavy atom. The van der Waals surface area contributed by atoms with Crippen LogP contribution in [0.25, 0.3) is 0 Å². The van der Waals surface area contributed by atoms with Gasteiger partial charge in [0.2, 0.25) is 0 Å². The predicted octanol–water partition coefficient (Wildman–Crippen LogP) is 2.58. The quantitative estimate of drug-likeness (QED) is 0.835. The minimum absolute atomic E-state index is 0.280. The van der Waals surface area contributed by atoms with E-state index in [-0.39, 0.29) is 5.91 Å². The molecule has 0 aliphatic carbocycles. The van der Waals surface area contributed by atoms with Crippen LogP contribution in [0.5, 0.6) is 0 Å². The minimum atomic E-state index is -0.280. The molecule has 17 heavy (non-hydrogen) atoms. The van der Waals surface area contributed by atoms with Gasteiger partial charge in [-0.2, -0.15) is 0 Å². The van der Waals surface area contributed by atoms with E-state index in [1.807, 2.05) is 0 Å². The van der Waals surface area contributed by atoms with Gasteiger partial charge in [-0.3, -0.25) is 4.79 Å². The maximum Gasteiger partial charge on any atom is 0.256 e. The van der Waals surface area contributed by atoms with Gasteiger partial charge in [0, 0.05) is 21.8 Å². The second-order valence-electron chi connectivity index (χ2n) is 3.51. The summed E-state index contributed by atoms with van der Waals surface area (Å²) in [4.78, 5) is 11.8. The molecule has 0 radical (unpaired) electrons. The number of aryl methyl sites for hydroxylation is 1. The van der Waals surface area contributed by atoms with Crippen molar-refractivity contribution in [2.75, 3.05) is 11.1 Å². The van der Waals surface area contributed by atoms with Gasteiger partial charge >= 0.3 is 0 Å². The highest BCUT2D eigenvalue weighted by molar-refractivity contribution is 9.10. The van der Waals surface area contributed by atoms with E-state index in [1.54, 1.807) is 31.2 Å². The van der Waals surface area contributed by atoms with Crippen LogP contribution in [0.2, 0.25) is 0 Å². The van der Waals surface area contributed by atoms with Crippen molar-refractivity contribution < 1.29 is 9.32 Å². The fourth-order valence-corrected chi connectivity index (χ4v) is 1.55. The highest BCUT2D eigenvalue weighted by Crippen LogP contribution is 2.20. The zero-order chi connectivity index (χ0) is 12.4. The van der Waals surface area contributed by atoms with Crippen molar-refractivity contribution in [3.05, 3.63) is 40.1 Å². The fraction of sp³-hybridized carbons (Fsp3) is 0.0909. The SMILES string of the molecule is Cc1cc(NC(=O)c2ccc(Br)c(N)c2)no1. The molecule has 0 saturated heterocycles. The topological polar surface area (TPSA) is 81.2 Å². The molecule has 0 aliphatic rings. The first-order chi connectivity index (χ1) is 8.06. The third kappa shape index (κ3) is 2.65. The van der Waals surface area contributed by atoms with E-state index >= 15 is 0 Å². The number of nitrogens with one attached hydrogen (secondary N) is 1. The van der Waals surface area contributed by atoms with E-state index < -0.39 is 0 Å². The van der Waals surface area contributed by atoms with Crippen molar-refractivity contribution in [1.29, 1.82) is 0 Å². The molecule has 1 aromatic carbocycles. The van der Waals surface area contributed by atoms with Crippen LogP contribution in [0.1, 0.15) is 16.1 Å². The monoisotopic (exact) mass is 295 g/mol. The highest BCUT2D eigenvalue weighted by Gasteiger charge is 2.09. The Balaban J connectivity index is 2.17. The second-order valence-corrected chi connectivity index (χ2v) is 4.37. The summed E-state index contributed by atoms with van der Waals surface area (Å²) in [5.41, 5.74) is 6.67. The average molecular weight is 296 g/mol. The van der Waals surface area contributed by atoms with Crippen LogP contribution in [0.15, 0.2) is 33.3 Å². The molecule has 6 heteroatoms. The van der Waals surface area contributed by atoms with Crippen LogP contribution in [-0.2, 0) is 0 Å². The van der Waals surface area contributed by atoms with Crippen molar-refractivity contribution in [2.45, 2.75) is 6.92 Å². The van der Waals surface area contributed by atoms with Gasteiger partial charge in [0.1, 0.15) is 5.76 Å². The number of anilines is 2. The molecule has 0 aliphatic heterocycles. The van der Waals surface area contributed by atoms with Gasteiger partial charge in [0.05, 0.1) is 0 Å². The van der Waals surface area contributed by atoms with Crippen molar-refractivity contribution in [3.63, 3.8) is 0 Å². The summed E-state index contributed by atoms with van der Waals surface area (Å²) in [6.45, 7) is 1.75. The summed E-state index contributed by atoms with van der Waals surface area (Å²) >= 11 is 3.26. The number of carbonyl (C=O) groups is 1. The number of nitrogens with zero attached hydrogens (tertiary/aromatic N) is 1. The number of benzene rings is 1. The molecule has 0 fully saturated rings. The Hall–Kier alpha value is -1.82. The number of hydrogen-bond donors (Lipinski definition) is 2. The lowest BCUT2D eigenvalue weighted by atomic mass is 10.2. The lowest BCUT2D eigenvalue weighted by Crippen LogP contribution is -2.12. The predicted molar refractivity (Wildman–Crippen MR) is 67.7 cm³/mol. The summed E-state index contributed by atoms with van der Waals surface area (Å²) < 4.78 is 5.60. The molecule has 0 bridgehead atoms. The van der Waals surface area contributed by atoms with E-state index in [0.717, 1.165) is 4.47 Å². The van der Waals surface area contributed by atoms with Crippen molar-refractivity contribution in [3.8, 4) is 0 Å². The molecule has 0 atom stereocenters. The molecule has 0 spiro atoms. The average Bonchev–Trinajstić information content (AvgIpc) is 2.68. The molecule has 1 aromatic heterocycles. The van der Waals surface area contributed by atoms with Crippen LogP contribution in [-0.4, -0.2) is 11.1 Å². The number of amides is 1. The molecule has 2 rings (SSSR count). The number of nitrogens with two attached hydrogens (primary N) is 1. The number of carbonyl (C=O) groups excluding carboxylic acids is 1. The lowest BCUT2D eigenvalue weighted by molar-refractivity contribution is 0.102. The molecule has 0 saturated carbocycles. The Morgan fingerprint density at radius 2 is 2.24 bits per heavy atom. The van der Waals surface area contributed by atoms with Gasteiger partial charge in [-0.25, -0.2) is 0 Å². The number of rotatable bonds is 2. The molecule has 88 valence electrons. The highest BCUT2D eigenvalue weighted by atomic mass is 79.9. The van der Waals surface area contributed by atoms with Gasteiger partial charge < -0.3 is 15.6 Å². The zero-order valence-electron chi connectivity index (χ0n) is 9.03. The standard InChI is InChI=1S/C11H10BrN3O2/c1-6-4-10(15-17-6)14-11(16)7-2-3-8(12)9(13)5-7/h2-5H,13H2,1H3,(H,14,15,16). The zero-order valence-corrected chi connectivity index (χ0v) is 10.6. The van der Waals surface area contributed by atoms with Crippen molar-refractivity contribution >= 4 is 33.3 Å². The first-order valence-corrected chi connectivity index (χ1v) is 5.65. The Kier molecular flexibility index (Phi) is 3.14. The van der Waals surface area contributed by atoms with Crippen LogP contribution in [0.3, 0.4) is 0 Å². The molecule has 0 unspecified atom stereocenters. The van der Waals surface area contributed by atoms with E-state index in [9.17, 15) is 4.79 Å². The third-order valence-corrected chi connectivity index (χ3v) is 2.85. The van der Waals surface area contributed by atoms with Crippen LogP contribution in [0.4, 0.5) is 11.5 Å². The first kappa shape index (κ1) is 11.7. The molecular weight excluding hydrogens is 286 g/mol. The van der Waals surface area contributed by atoms with Gasteiger partial charge in [-0.05, 0) is 41.1 Å². The number of aromatic nitrogens is 1. The van der Waals surface area contributed by atoms with Crippen molar-refractivity contribution in [2.24, 2.45) is 0 Å².